The van der Waals surface area contributed by atoms with Crippen LogP contribution in [0.5, 0.6) is 0 Å². The van der Waals surface area contributed by atoms with Gasteiger partial charge in [-0.05, 0) is 66.4 Å². The summed E-state index contributed by atoms with van der Waals surface area (Å²) in [6.07, 6.45) is 6.15. The highest BCUT2D eigenvalue weighted by Gasteiger charge is 2.17. The summed E-state index contributed by atoms with van der Waals surface area (Å²) >= 11 is 7.77. The number of hydrogen-bond donors (Lipinski definition) is 1. The van der Waals surface area contributed by atoms with Gasteiger partial charge in [-0.1, -0.05) is 35.9 Å². The van der Waals surface area contributed by atoms with E-state index in [-0.39, 0.29) is 0 Å². The molecule has 0 radical (unpaired) electrons. The highest BCUT2D eigenvalue weighted by Crippen LogP contribution is 2.41. The fraction of sp³-hybridized carbons (Fsp3) is 0.0800. The van der Waals surface area contributed by atoms with Crippen molar-refractivity contribution in [3.63, 3.8) is 0 Å². The van der Waals surface area contributed by atoms with Crippen molar-refractivity contribution < 1.29 is 0 Å². The van der Waals surface area contributed by atoms with E-state index in [1.165, 1.54) is 16.0 Å². The van der Waals surface area contributed by atoms with Crippen molar-refractivity contribution >= 4 is 44.7 Å². The van der Waals surface area contributed by atoms with Crippen LogP contribution < -0.4 is 5.32 Å². The highest BCUT2D eigenvalue weighted by atomic mass is 35.5. The highest BCUT2D eigenvalue weighted by molar-refractivity contribution is 7.19. The van der Waals surface area contributed by atoms with Crippen LogP contribution in [0.3, 0.4) is 0 Å². The number of nitrogens with one attached hydrogen (secondary N) is 1. The Kier molecular flexibility index (Phi) is 5.37. The van der Waals surface area contributed by atoms with Crippen LogP contribution in [0.15, 0.2) is 79.4 Å². The van der Waals surface area contributed by atoms with E-state index < -0.39 is 0 Å². The normalized spacial score (nSPS) is 11.0. The number of aromatic nitrogens is 3. The largest absolute Gasteiger partial charge is 0.340 e. The summed E-state index contributed by atoms with van der Waals surface area (Å²) in [6, 6.07) is 20.5. The predicted octanol–water partition coefficient (Wildman–Crippen LogP) is 7.05. The molecule has 6 heteroatoms. The summed E-state index contributed by atoms with van der Waals surface area (Å²) in [5, 5.41) is 5.25. The van der Waals surface area contributed by atoms with Gasteiger partial charge in [-0.3, -0.25) is 4.98 Å². The molecule has 0 unspecified atom stereocenters. The average molecular weight is 443 g/mol. The molecule has 5 rings (SSSR count). The number of halogens is 1. The molecular formula is C25H19ClN4S. The van der Waals surface area contributed by atoms with Gasteiger partial charge >= 0.3 is 0 Å². The number of fused-ring (bicyclic) bond motifs is 1. The van der Waals surface area contributed by atoms with Crippen molar-refractivity contribution in [2.24, 2.45) is 0 Å². The Labute approximate surface area is 189 Å². The maximum absolute atomic E-state index is 6.10. The van der Waals surface area contributed by atoms with Crippen LogP contribution in [0.2, 0.25) is 5.02 Å². The number of hydrogen-bond acceptors (Lipinski definition) is 5. The Balaban J connectivity index is 1.47. The zero-order valence-electron chi connectivity index (χ0n) is 16.8. The third-order valence-corrected chi connectivity index (χ3v) is 6.44. The lowest BCUT2D eigenvalue weighted by molar-refractivity contribution is 1.16. The van der Waals surface area contributed by atoms with Gasteiger partial charge < -0.3 is 5.32 Å². The molecule has 0 amide bonds. The van der Waals surface area contributed by atoms with E-state index in [0.29, 0.717) is 0 Å². The quantitative estimate of drug-likeness (QED) is 0.317. The molecule has 0 aliphatic rings. The van der Waals surface area contributed by atoms with Crippen molar-refractivity contribution in [1.29, 1.82) is 0 Å². The third kappa shape index (κ3) is 4.15. The number of pyridine rings is 1. The molecule has 5 aromatic rings. The minimum absolute atomic E-state index is 0.724. The summed E-state index contributed by atoms with van der Waals surface area (Å²) in [5.41, 5.74) is 5.74. The van der Waals surface area contributed by atoms with Crippen LogP contribution >= 0.6 is 22.9 Å². The molecule has 3 heterocycles. The molecule has 0 saturated carbocycles. The number of thiophene rings is 1. The molecule has 0 aliphatic carbocycles. The zero-order valence-corrected chi connectivity index (χ0v) is 18.4. The van der Waals surface area contributed by atoms with Crippen molar-refractivity contribution in [1.82, 2.24) is 15.0 Å². The zero-order chi connectivity index (χ0) is 21.2. The average Bonchev–Trinajstić information content (AvgIpc) is 3.13. The maximum Gasteiger partial charge on any atom is 0.143 e. The summed E-state index contributed by atoms with van der Waals surface area (Å²) in [7, 11) is 0. The van der Waals surface area contributed by atoms with Crippen LogP contribution in [0.4, 0.5) is 11.5 Å². The Morgan fingerprint density at radius 1 is 0.871 bits per heavy atom. The van der Waals surface area contributed by atoms with Gasteiger partial charge in [0.25, 0.3) is 0 Å². The van der Waals surface area contributed by atoms with Gasteiger partial charge in [0.15, 0.2) is 0 Å². The number of aryl methyl sites for hydroxylation is 1. The van der Waals surface area contributed by atoms with Crippen molar-refractivity contribution in [3.05, 3.63) is 100 Å². The second kappa shape index (κ2) is 8.46. The molecule has 2 aromatic carbocycles. The smallest absolute Gasteiger partial charge is 0.143 e. The Hall–Kier alpha value is -3.28. The SMILES string of the molecule is Cc1sc2ncnc(Nc3ccc(Cc4ccncc4)cc3)c2c1-c1ccc(Cl)cc1. The maximum atomic E-state index is 6.10. The molecule has 0 saturated heterocycles. The van der Waals surface area contributed by atoms with Crippen LogP contribution in [-0.4, -0.2) is 15.0 Å². The Morgan fingerprint density at radius 2 is 1.58 bits per heavy atom. The molecule has 4 nitrogen and oxygen atoms in total. The molecule has 0 aliphatic heterocycles. The number of anilines is 2. The second-order valence-corrected chi connectivity index (χ2v) is 8.94. The molecule has 1 N–H and O–H groups in total. The van der Waals surface area contributed by atoms with E-state index in [2.05, 4.69) is 51.5 Å². The van der Waals surface area contributed by atoms with E-state index in [0.717, 1.165) is 44.3 Å². The van der Waals surface area contributed by atoms with Gasteiger partial charge in [0.05, 0.1) is 5.39 Å². The van der Waals surface area contributed by atoms with Gasteiger partial charge in [0.1, 0.15) is 17.0 Å². The van der Waals surface area contributed by atoms with E-state index in [9.17, 15) is 0 Å². The minimum Gasteiger partial charge on any atom is -0.340 e. The molecule has 152 valence electrons. The van der Waals surface area contributed by atoms with Gasteiger partial charge in [0, 0.05) is 33.5 Å². The van der Waals surface area contributed by atoms with Gasteiger partial charge in [-0.25, -0.2) is 9.97 Å². The lowest BCUT2D eigenvalue weighted by Gasteiger charge is -2.10. The molecule has 0 spiro atoms. The van der Waals surface area contributed by atoms with E-state index >= 15 is 0 Å². The predicted molar refractivity (Wildman–Crippen MR) is 129 cm³/mol. The Bertz CT molecular complexity index is 1330. The minimum atomic E-state index is 0.724. The van der Waals surface area contributed by atoms with Crippen LogP contribution in [0.25, 0.3) is 21.3 Å². The third-order valence-electron chi connectivity index (χ3n) is 5.17. The summed E-state index contributed by atoms with van der Waals surface area (Å²) in [5.74, 6) is 0.807. The van der Waals surface area contributed by atoms with Gasteiger partial charge in [-0.2, -0.15) is 0 Å². The van der Waals surface area contributed by atoms with Crippen molar-refractivity contribution in [2.75, 3.05) is 5.32 Å². The first-order valence-corrected chi connectivity index (χ1v) is 11.1. The molecular weight excluding hydrogens is 424 g/mol. The van der Waals surface area contributed by atoms with Crippen molar-refractivity contribution in [2.45, 2.75) is 13.3 Å². The fourth-order valence-corrected chi connectivity index (χ4v) is 4.82. The standard InChI is InChI=1S/C25H19ClN4S/c1-16-22(19-4-6-20(26)7-5-19)23-24(28-15-29-25(23)31-16)30-21-8-2-17(3-9-21)14-18-10-12-27-13-11-18/h2-13,15H,14H2,1H3,(H,28,29,30). The number of benzene rings is 2. The first-order valence-electron chi connectivity index (χ1n) is 9.92. The lowest BCUT2D eigenvalue weighted by Crippen LogP contribution is -1.96. The molecule has 0 fully saturated rings. The van der Waals surface area contributed by atoms with Crippen LogP contribution in [0.1, 0.15) is 16.0 Å². The second-order valence-electron chi connectivity index (χ2n) is 7.30. The van der Waals surface area contributed by atoms with Gasteiger partial charge in [0.2, 0.25) is 0 Å². The van der Waals surface area contributed by atoms with Gasteiger partial charge in [-0.15, -0.1) is 11.3 Å². The summed E-state index contributed by atoms with van der Waals surface area (Å²) in [6.45, 7) is 2.12. The van der Waals surface area contributed by atoms with E-state index in [1.807, 2.05) is 48.8 Å². The fourth-order valence-electron chi connectivity index (χ4n) is 3.68. The van der Waals surface area contributed by atoms with Crippen LogP contribution in [0, 0.1) is 6.92 Å². The van der Waals surface area contributed by atoms with Crippen LogP contribution in [-0.2, 0) is 6.42 Å². The summed E-state index contributed by atoms with van der Waals surface area (Å²) < 4.78 is 0. The monoisotopic (exact) mass is 442 g/mol. The molecule has 0 atom stereocenters. The topological polar surface area (TPSA) is 50.7 Å². The van der Waals surface area contributed by atoms with E-state index in [4.69, 9.17) is 11.6 Å². The molecule has 31 heavy (non-hydrogen) atoms. The number of rotatable bonds is 5. The summed E-state index contributed by atoms with van der Waals surface area (Å²) in [4.78, 5) is 15.3. The molecule has 3 aromatic heterocycles. The Morgan fingerprint density at radius 3 is 2.32 bits per heavy atom. The van der Waals surface area contributed by atoms with E-state index in [1.54, 1.807) is 17.7 Å². The molecule has 0 bridgehead atoms. The first kappa shape index (κ1) is 19.7. The first-order chi connectivity index (χ1) is 15.2. The lowest BCUT2D eigenvalue weighted by atomic mass is 10.0. The van der Waals surface area contributed by atoms with Crippen molar-refractivity contribution in [3.8, 4) is 11.1 Å². The number of nitrogens with zero attached hydrogens (tertiary/aromatic N) is 3.